The Morgan fingerprint density at radius 3 is 2.47 bits per heavy atom. The number of aliphatic hydroxyl groups is 1. The Morgan fingerprint density at radius 1 is 1.29 bits per heavy atom. The van der Waals surface area contributed by atoms with Gasteiger partial charge in [-0.15, -0.1) is 0 Å². The van der Waals surface area contributed by atoms with Gasteiger partial charge in [0.05, 0.1) is 12.6 Å². The van der Waals surface area contributed by atoms with Gasteiger partial charge in [0.25, 0.3) is 0 Å². The predicted molar refractivity (Wildman–Crippen MR) is 70.2 cm³/mol. The van der Waals surface area contributed by atoms with Gasteiger partial charge in [0.15, 0.2) is 5.78 Å². The summed E-state index contributed by atoms with van der Waals surface area (Å²) in [6.45, 7) is 2.07. The second-order valence-corrected chi connectivity index (χ2v) is 5.35. The maximum absolute atomic E-state index is 12.0. The lowest BCUT2D eigenvalue weighted by molar-refractivity contribution is 0.0711. The average Bonchev–Trinajstić information content (AvgIpc) is 2.33. The summed E-state index contributed by atoms with van der Waals surface area (Å²) in [6, 6.07) is 7.44. The third-order valence-electron chi connectivity index (χ3n) is 3.09. The summed E-state index contributed by atoms with van der Waals surface area (Å²) < 4.78 is 0.982. The van der Waals surface area contributed by atoms with Gasteiger partial charge < -0.3 is 5.11 Å². The van der Waals surface area contributed by atoms with Crippen molar-refractivity contribution in [2.75, 3.05) is 19.6 Å². The Hall–Kier alpha value is -0.710. The van der Waals surface area contributed by atoms with Gasteiger partial charge in [-0.2, -0.15) is 0 Å². The van der Waals surface area contributed by atoms with Gasteiger partial charge in [0.1, 0.15) is 0 Å². The molecule has 1 saturated heterocycles. The maximum atomic E-state index is 12.0. The highest BCUT2D eigenvalue weighted by atomic mass is 79.9. The van der Waals surface area contributed by atoms with E-state index >= 15 is 0 Å². The van der Waals surface area contributed by atoms with Crippen molar-refractivity contribution in [1.82, 2.24) is 4.90 Å². The van der Waals surface area contributed by atoms with Crippen LogP contribution in [0.4, 0.5) is 0 Å². The molecule has 1 aromatic rings. The molecule has 1 heterocycles. The first-order valence-corrected chi connectivity index (χ1v) is 6.63. The molecule has 0 saturated carbocycles. The number of rotatable bonds is 3. The van der Waals surface area contributed by atoms with Crippen molar-refractivity contribution in [2.45, 2.75) is 18.9 Å². The normalized spacial score (nSPS) is 18.2. The highest BCUT2D eigenvalue weighted by Gasteiger charge is 2.19. The van der Waals surface area contributed by atoms with Crippen LogP contribution in [0.3, 0.4) is 0 Å². The van der Waals surface area contributed by atoms with Crippen LogP contribution in [0.15, 0.2) is 28.7 Å². The number of ketones is 1. The van der Waals surface area contributed by atoms with Crippen LogP contribution in [0, 0.1) is 0 Å². The molecule has 0 atom stereocenters. The standard InChI is InChI=1S/C13H16BrNO2/c14-11-3-1-10(2-4-11)13(17)9-15-7-5-12(16)6-8-15/h1-4,12,16H,5-9H2. The van der Waals surface area contributed by atoms with Crippen molar-refractivity contribution in [3.8, 4) is 0 Å². The average molecular weight is 298 g/mol. The fourth-order valence-corrected chi connectivity index (χ4v) is 2.27. The molecule has 1 aliphatic heterocycles. The first kappa shape index (κ1) is 12.7. The SMILES string of the molecule is O=C(CN1CCC(O)CC1)c1ccc(Br)cc1. The second-order valence-electron chi connectivity index (χ2n) is 4.44. The van der Waals surface area contributed by atoms with E-state index in [0.717, 1.165) is 36.0 Å². The van der Waals surface area contributed by atoms with E-state index in [1.54, 1.807) is 0 Å². The zero-order valence-electron chi connectivity index (χ0n) is 9.60. The summed E-state index contributed by atoms with van der Waals surface area (Å²) in [7, 11) is 0. The number of piperidine rings is 1. The first-order valence-electron chi connectivity index (χ1n) is 5.84. The highest BCUT2D eigenvalue weighted by Crippen LogP contribution is 2.13. The third kappa shape index (κ3) is 3.63. The van der Waals surface area contributed by atoms with Gasteiger partial charge in [-0.05, 0) is 25.0 Å². The van der Waals surface area contributed by atoms with Crippen molar-refractivity contribution in [3.05, 3.63) is 34.3 Å². The number of carbonyl (C=O) groups excluding carboxylic acids is 1. The van der Waals surface area contributed by atoms with Crippen molar-refractivity contribution < 1.29 is 9.90 Å². The number of benzene rings is 1. The van der Waals surface area contributed by atoms with Crippen LogP contribution in [0.1, 0.15) is 23.2 Å². The molecular formula is C13H16BrNO2. The number of Topliss-reactive ketones (excluding diaryl/α,β-unsaturated/α-hetero) is 1. The van der Waals surface area contributed by atoms with E-state index in [9.17, 15) is 9.90 Å². The Kier molecular flexibility index (Phi) is 4.31. The Balaban J connectivity index is 1.91. The fraction of sp³-hybridized carbons (Fsp3) is 0.462. The number of likely N-dealkylation sites (tertiary alicyclic amines) is 1. The largest absolute Gasteiger partial charge is 0.393 e. The number of halogens is 1. The maximum Gasteiger partial charge on any atom is 0.176 e. The van der Waals surface area contributed by atoms with Crippen LogP contribution >= 0.6 is 15.9 Å². The molecule has 2 rings (SSSR count). The van der Waals surface area contributed by atoms with E-state index in [1.165, 1.54) is 0 Å². The van der Waals surface area contributed by atoms with E-state index in [2.05, 4.69) is 20.8 Å². The zero-order valence-corrected chi connectivity index (χ0v) is 11.2. The van der Waals surface area contributed by atoms with Gasteiger partial charge in [-0.3, -0.25) is 9.69 Å². The molecule has 17 heavy (non-hydrogen) atoms. The van der Waals surface area contributed by atoms with E-state index < -0.39 is 0 Å². The first-order chi connectivity index (χ1) is 8.15. The molecule has 4 heteroatoms. The third-order valence-corrected chi connectivity index (χ3v) is 3.62. The van der Waals surface area contributed by atoms with E-state index in [-0.39, 0.29) is 11.9 Å². The van der Waals surface area contributed by atoms with Crippen LogP contribution in [0.25, 0.3) is 0 Å². The number of hydrogen-bond acceptors (Lipinski definition) is 3. The summed E-state index contributed by atoms with van der Waals surface area (Å²) >= 11 is 3.35. The van der Waals surface area contributed by atoms with E-state index in [4.69, 9.17) is 0 Å². The molecule has 1 aromatic carbocycles. The summed E-state index contributed by atoms with van der Waals surface area (Å²) in [4.78, 5) is 14.1. The molecule has 0 radical (unpaired) electrons. The molecule has 1 aliphatic rings. The van der Waals surface area contributed by atoms with Crippen molar-refractivity contribution >= 4 is 21.7 Å². The van der Waals surface area contributed by atoms with Gasteiger partial charge in [-0.25, -0.2) is 0 Å². The monoisotopic (exact) mass is 297 g/mol. The summed E-state index contributed by atoms with van der Waals surface area (Å²) in [6.07, 6.45) is 1.36. The minimum atomic E-state index is -0.186. The minimum Gasteiger partial charge on any atom is -0.393 e. The topological polar surface area (TPSA) is 40.5 Å². The number of carbonyl (C=O) groups is 1. The Bertz CT molecular complexity index is 383. The molecule has 1 N–H and O–H groups in total. The summed E-state index contributed by atoms with van der Waals surface area (Å²) in [5.74, 6) is 0.147. The lowest BCUT2D eigenvalue weighted by atomic mass is 10.1. The Morgan fingerprint density at radius 2 is 1.88 bits per heavy atom. The van der Waals surface area contributed by atoms with E-state index in [0.29, 0.717) is 6.54 Å². The summed E-state index contributed by atoms with van der Waals surface area (Å²) in [5.41, 5.74) is 0.749. The van der Waals surface area contributed by atoms with Gasteiger partial charge in [0, 0.05) is 23.1 Å². The quantitative estimate of drug-likeness (QED) is 0.869. The van der Waals surface area contributed by atoms with Gasteiger partial charge in [-0.1, -0.05) is 28.1 Å². The molecule has 0 aromatic heterocycles. The minimum absolute atomic E-state index is 0.147. The van der Waals surface area contributed by atoms with Crippen molar-refractivity contribution in [1.29, 1.82) is 0 Å². The lowest BCUT2D eigenvalue weighted by Gasteiger charge is -2.28. The van der Waals surface area contributed by atoms with Crippen molar-refractivity contribution in [3.63, 3.8) is 0 Å². The van der Waals surface area contributed by atoms with Crippen LogP contribution in [0.2, 0.25) is 0 Å². The second kappa shape index (κ2) is 5.76. The molecule has 92 valence electrons. The molecule has 0 bridgehead atoms. The predicted octanol–water partition coefficient (Wildman–Crippen LogP) is 2.09. The molecule has 1 fully saturated rings. The number of aliphatic hydroxyl groups excluding tert-OH is 1. The zero-order chi connectivity index (χ0) is 12.3. The molecule has 0 spiro atoms. The molecule has 3 nitrogen and oxygen atoms in total. The molecular weight excluding hydrogens is 282 g/mol. The molecule has 0 unspecified atom stereocenters. The molecule has 0 aliphatic carbocycles. The highest BCUT2D eigenvalue weighted by molar-refractivity contribution is 9.10. The van der Waals surface area contributed by atoms with Crippen LogP contribution in [0.5, 0.6) is 0 Å². The lowest BCUT2D eigenvalue weighted by Crippen LogP contribution is -2.39. The number of nitrogens with zero attached hydrogens (tertiary/aromatic N) is 1. The van der Waals surface area contributed by atoms with Crippen LogP contribution in [-0.4, -0.2) is 41.5 Å². The number of hydrogen-bond donors (Lipinski definition) is 1. The Labute approximate surface area is 110 Å². The summed E-state index contributed by atoms with van der Waals surface area (Å²) in [5, 5.41) is 9.39. The van der Waals surface area contributed by atoms with Gasteiger partial charge in [0.2, 0.25) is 0 Å². The van der Waals surface area contributed by atoms with Crippen LogP contribution < -0.4 is 0 Å². The van der Waals surface area contributed by atoms with Crippen molar-refractivity contribution in [2.24, 2.45) is 0 Å². The smallest absolute Gasteiger partial charge is 0.176 e. The van der Waals surface area contributed by atoms with Gasteiger partial charge >= 0.3 is 0 Å². The van der Waals surface area contributed by atoms with E-state index in [1.807, 2.05) is 24.3 Å². The van der Waals surface area contributed by atoms with Crippen LogP contribution in [-0.2, 0) is 0 Å². The molecule has 0 amide bonds. The fourth-order valence-electron chi connectivity index (χ4n) is 2.01.